The van der Waals surface area contributed by atoms with Gasteiger partial charge in [0.2, 0.25) is 5.91 Å². The van der Waals surface area contributed by atoms with Gasteiger partial charge in [0.1, 0.15) is 0 Å². The molecule has 0 radical (unpaired) electrons. The number of likely N-dealkylation sites (tertiary alicyclic amines) is 1. The van der Waals surface area contributed by atoms with Crippen LogP contribution in [0.25, 0.3) is 0 Å². The summed E-state index contributed by atoms with van der Waals surface area (Å²) < 4.78 is 0. The van der Waals surface area contributed by atoms with Crippen molar-refractivity contribution in [2.24, 2.45) is 5.92 Å². The number of amides is 1. The summed E-state index contributed by atoms with van der Waals surface area (Å²) in [6.45, 7) is 2.80. The summed E-state index contributed by atoms with van der Waals surface area (Å²) in [5.74, 6) is 0.700. The van der Waals surface area contributed by atoms with E-state index < -0.39 is 0 Å². The zero-order valence-corrected chi connectivity index (χ0v) is 12.1. The van der Waals surface area contributed by atoms with E-state index in [0.29, 0.717) is 18.9 Å². The summed E-state index contributed by atoms with van der Waals surface area (Å²) in [7, 11) is 2.14. The molecule has 1 fully saturated rings. The van der Waals surface area contributed by atoms with E-state index in [4.69, 9.17) is 11.6 Å². The van der Waals surface area contributed by atoms with Gasteiger partial charge in [0.05, 0.1) is 0 Å². The average molecular weight is 281 g/mol. The monoisotopic (exact) mass is 280 g/mol. The molecule has 0 spiro atoms. The molecule has 4 heteroatoms. The van der Waals surface area contributed by atoms with E-state index >= 15 is 0 Å². The van der Waals surface area contributed by atoms with Gasteiger partial charge in [-0.2, -0.15) is 0 Å². The molecule has 1 heterocycles. The van der Waals surface area contributed by atoms with Crippen molar-refractivity contribution in [3.8, 4) is 0 Å². The lowest BCUT2D eigenvalue weighted by Gasteiger charge is -2.28. The topological polar surface area (TPSA) is 32.3 Å². The van der Waals surface area contributed by atoms with Crippen LogP contribution in [0.5, 0.6) is 0 Å². The predicted octanol–water partition coefficient (Wildman–Crippen LogP) is 2.69. The summed E-state index contributed by atoms with van der Waals surface area (Å²) in [6.07, 6.45) is 2.91. The van der Waals surface area contributed by atoms with E-state index in [0.717, 1.165) is 36.5 Å². The lowest BCUT2D eigenvalue weighted by atomic mass is 9.93. The van der Waals surface area contributed by atoms with E-state index in [1.807, 2.05) is 24.3 Å². The van der Waals surface area contributed by atoms with Crippen molar-refractivity contribution in [3.63, 3.8) is 0 Å². The maximum absolute atomic E-state index is 11.9. The number of carbonyl (C=O) groups is 1. The average Bonchev–Trinajstić information content (AvgIpc) is 2.41. The van der Waals surface area contributed by atoms with E-state index in [2.05, 4.69) is 17.3 Å². The smallest absolute Gasteiger partial charge is 0.220 e. The number of nitrogens with one attached hydrogen (secondary N) is 1. The van der Waals surface area contributed by atoms with E-state index in [-0.39, 0.29) is 5.91 Å². The summed E-state index contributed by atoms with van der Waals surface area (Å²) in [5.41, 5.74) is 1.08. The minimum Gasteiger partial charge on any atom is -0.352 e. The Morgan fingerprint density at radius 2 is 1.95 bits per heavy atom. The molecule has 1 aromatic rings. The van der Waals surface area contributed by atoms with Gasteiger partial charge in [-0.05, 0) is 56.6 Å². The third-order valence-electron chi connectivity index (χ3n) is 3.72. The first-order valence-electron chi connectivity index (χ1n) is 6.83. The number of piperidine rings is 1. The Balaban J connectivity index is 1.71. The molecule has 1 saturated heterocycles. The minimum atomic E-state index is 0.157. The van der Waals surface area contributed by atoms with Gasteiger partial charge in [-0.15, -0.1) is 0 Å². The van der Waals surface area contributed by atoms with Crippen LogP contribution in [-0.4, -0.2) is 30.9 Å². The third-order valence-corrected chi connectivity index (χ3v) is 3.97. The maximum Gasteiger partial charge on any atom is 0.220 e. The Hall–Kier alpha value is -1.06. The molecule has 1 aromatic carbocycles. The highest BCUT2D eigenvalue weighted by atomic mass is 35.5. The Bertz CT molecular complexity index is 411. The Labute approximate surface area is 119 Å². The largest absolute Gasteiger partial charge is 0.352 e. The van der Waals surface area contributed by atoms with Gasteiger partial charge in [-0.3, -0.25) is 4.79 Å². The van der Waals surface area contributed by atoms with Gasteiger partial charge in [-0.25, -0.2) is 0 Å². The first kappa shape index (κ1) is 14.4. The predicted molar refractivity (Wildman–Crippen MR) is 78.1 cm³/mol. The van der Waals surface area contributed by atoms with Crippen LogP contribution in [0.3, 0.4) is 0 Å². The molecular formula is C15H21ClN2O. The number of hydrogen-bond donors (Lipinski definition) is 1. The van der Waals surface area contributed by atoms with Crippen molar-refractivity contribution in [3.05, 3.63) is 34.9 Å². The number of benzene rings is 1. The van der Waals surface area contributed by atoms with Gasteiger partial charge in [0, 0.05) is 18.0 Å². The van der Waals surface area contributed by atoms with Crippen molar-refractivity contribution >= 4 is 17.5 Å². The normalized spacial score (nSPS) is 17.4. The summed E-state index contributed by atoms with van der Waals surface area (Å²) in [6, 6.07) is 7.58. The van der Waals surface area contributed by atoms with Crippen LogP contribution in [0, 0.1) is 5.92 Å². The van der Waals surface area contributed by atoms with Crippen molar-refractivity contribution in [1.82, 2.24) is 10.2 Å². The highest BCUT2D eigenvalue weighted by Crippen LogP contribution is 2.19. The quantitative estimate of drug-likeness (QED) is 0.920. The molecule has 0 aliphatic carbocycles. The standard InChI is InChI=1S/C15H21ClN2O/c1-18-8-6-12(7-9-18)10-15(19)17-11-13-2-4-14(16)5-3-13/h2-5,12H,6-11H2,1H3,(H,17,19). The molecule has 19 heavy (non-hydrogen) atoms. The molecule has 0 unspecified atom stereocenters. The van der Waals surface area contributed by atoms with Gasteiger partial charge >= 0.3 is 0 Å². The van der Waals surface area contributed by atoms with E-state index in [1.165, 1.54) is 0 Å². The number of carbonyl (C=O) groups excluding carboxylic acids is 1. The van der Waals surface area contributed by atoms with Gasteiger partial charge in [-0.1, -0.05) is 23.7 Å². The van der Waals surface area contributed by atoms with Crippen molar-refractivity contribution in [1.29, 1.82) is 0 Å². The van der Waals surface area contributed by atoms with Crippen LogP contribution in [-0.2, 0) is 11.3 Å². The van der Waals surface area contributed by atoms with Crippen LogP contribution in [0.1, 0.15) is 24.8 Å². The molecule has 1 amide bonds. The minimum absolute atomic E-state index is 0.157. The zero-order valence-electron chi connectivity index (χ0n) is 11.4. The number of hydrogen-bond acceptors (Lipinski definition) is 2. The number of rotatable bonds is 4. The van der Waals surface area contributed by atoms with Crippen LogP contribution in [0.4, 0.5) is 0 Å². The van der Waals surface area contributed by atoms with Gasteiger partial charge in [0.15, 0.2) is 0 Å². The van der Waals surface area contributed by atoms with E-state index in [9.17, 15) is 4.79 Å². The lowest BCUT2D eigenvalue weighted by molar-refractivity contribution is -0.122. The molecule has 2 rings (SSSR count). The molecular weight excluding hydrogens is 260 g/mol. The molecule has 0 bridgehead atoms. The molecule has 1 N–H and O–H groups in total. The van der Waals surface area contributed by atoms with Crippen LogP contribution in [0.15, 0.2) is 24.3 Å². The van der Waals surface area contributed by atoms with Gasteiger partial charge in [0.25, 0.3) is 0 Å². The summed E-state index contributed by atoms with van der Waals surface area (Å²) in [4.78, 5) is 14.2. The second-order valence-corrected chi connectivity index (χ2v) is 5.79. The molecule has 0 aromatic heterocycles. The summed E-state index contributed by atoms with van der Waals surface area (Å²) >= 11 is 5.82. The first-order chi connectivity index (χ1) is 9.13. The second kappa shape index (κ2) is 6.92. The zero-order chi connectivity index (χ0) is 13.7. The lowest BCUT2D eigenvalue weighted by Crippen LogP contribution is -2.33. The SMILES string of the molecule is CN1CCC(CC(=O)NCc2ccc(Cl)cc2)CC1. The first-order valence-corrected chi connectivity index (χ1v) is 7.21. The fourth-order valence-electron chi connectivity index (χ4n) is 2.40. The van der Waals surface area contributed by atoms with Crippen LogP contribution in [0.2, 0.25) is 5.02 Å². The fourth-order valence-corrected chi connectivity index (χ4v) is 2.53. The van der Waals surface area contributed by atoms with Crippen LogP contribution >= 0.6 is 11.6 Å². The van der Waals surface area contributed by atoms with Crippen molar-refractivity contribution < 1.29 is 4.79 Å². The Morgan fingerprint density at radius 3 is 2.58 bits per heavy atom. The number of nitrogens with zero attached hydrogens (tertiary/aromatic N) is 1. The highest BCUT2D eigenvalue weighted by Gasteiger charge is 2.19. The van der Waals surface area contributed by atoms with Crippen molar-refractivity contribution in [2.75, 3.05) is 20.1 Å². The molecule has 0 atom stereocenters. The van der Waals surface area contributed by atoms with Gasteiger partial charge < -0.3 is 10.2 Å². The molecule has 3 nitrogen and oxygen atoms in total. The van der Waals surface area contributed by atoms with Crippen molar-refractivity contribution in [2.45, 2.75) is 25.8 Å². The molecule has 0 saturated carbocycles. The third kappa shape index (κ3) is 4.84. The van der Waals surface area contributed by atoms with E-state index in [1.54, 1.807) is 0 Å². The highest BCUT2D eigenvalue weighted by molar-refractivity contribution is 6.30. The van der Waals surface area contributed by atoms with Crippen LogP contribution < -0.4 is 5.32 Å². The Kier molecular flexibility index (Phi) is 5.23. The second-order valence-electron chi connectivity index (χ2n) is 5.35. The fraction of sp³-hybridized carbons (Fsp3) is 0.533. The maximum atomic E-state index is 11.9. The number of halogens is 1. The summed E-state index contributed by atoms with van der Waals surface area (Å²) in [5, 5.41) is 3.70. The molecule has 1 aliphatic rings. The Morgan fingerprint density at radius 1 is 1.32 bits per heavy atom. The molecule has 1 aliphatic heterocycles. The molecule has 104 valence electrons.